The summed E-state index contributed by atoms with van der Waals surface area (Å²) in [5.74, 6) is -0.139. The highest BCUT2D eigenvalue weighted by Gasteiger charge is 2.09. The van der Waals surface area contributed by atoms with E-state index in [2.05, 4.69) is 9.97 Å². The normalized spacial score (nSPS) is 10.8. The second kappa shape index (κ2) is 6.25. The molecule has 0 saturated carbocycles. The molecule has 2 rings (SSSR count). The van der Waals surface area contributed by atoms with Crippen LogP contribution in [0, 0.1) is 0 Å². The van der Waals surface area contributed by atoms with Crippen LogP contribution < -0.4 is 0 Å². The zero-order chi connectivity index (χ0) is 13.7. The molecule has 0 radical (unpaired) electrons. The van der Waals surface area contributed by atoms with Gasteiger partial charge in [-0.1, -0.05) is 36.7 Å². The summed E-state index contributed by atoms with van der Waals surface area (Å²) in [5, 5.41) is 0.672. The number of benzene rings is 1. The van der Waals surface area contributed by atoms with Gasteiger partial charge < -0.3 is 0 Å². The van der Waals surface area contributed by atoms with Gasteiger partial charge in [0.25, 0.3) is 0 Å². The molecule has 0 atom stereocenters. The Morgan fingerprint density at radius 2 is 1.89 bits per heavy atom. The Balaban J connectivity index is 2.19. The predicted molar refractivity (Wildman–Crippen MR) is 76.2 cm³/mol. The molecule has 0 fully saturated rings. The largest absolute Gasteiger partial charge is 0.287 e. The Morgan fingerprint density at radius 1 is 1.21 bits per heavy atom. The van der Waals surface area contributed by atoms with Crippen molar-refractivity contribution in [1.29, 1.82) is 0 Å². The molecule has 4 heteroatoms. The lowest BCUT2D eigenvalue weighted by Gasteiger charge is -2.01. The van der Waals surface area contributed by atoms with Crippen molar-refractivity contribution in [3.63, 3.8) is 0 Å². The fourth-order valence-corrected chi connectivity index (χ4v) is 1.78. The second-order valence-corrected chi connectivity index (χ2v) is 4.39. The van der Waals surface area contributed by atoms with Crippen LogP contribution in [0.1, 0.15) is 28.7 Å². The lowest BCUT2D eigenvalue weighted by molar-refractivity contribution is 0.104. The average molecular weight is 273 g/mol. The first-order valence-corrected chi connectivity index (χ1v) is 6.36. The number of nitrogens with zero attached hydrogens (tertiary/aromatic N) is 2. The quantitative estimate of drug-likeness (QED) is 0.631. The van der Waals surface area contributed by atoms with Gasteiger partial charge >= 0.3 is 0 Å². The fraction of sp³-hybridized carbons (Fsp3) is 0.133. The van der Waals surface area contributed by atoms with Gasteiger partial charge in [-0.3, -0.25) is 9.78 Å². The lowest BCUT2D eigenvalue weighted by atomic mass is 10.1. The summed E-state index contributed by atoms with van der Waals surface area (Å²) >= 11 is 5.80. The molecule has 0 amide bonds. The molecule has 0 bridgehead atoms. The topological polar surface area (TPSA) is 42.9 Å². The second-order valence-electron chi connectivity index (χ2n) is 3.95. The van der Waals surface area contributed by atoms with E-state index in [-0.39, 0.29) is 5.78 Å². The SMILES string of the molecule is CCc1nccnc1C(=O)/C=C/c1ccc(Cl)cc1. The maximum Gasteiger partial charge on any atom is 0.206 e. The zero-order valence-electron chi connectivity index (χ0n) is 10.5. The van der Waals surface area contributed by atoms with Crippen LogP contribution in [0.5, 0.6) is 0 Å². The summed E-state index contributed by atoms with van der Waals surface area (Å²) in [6, 6.07) is 7.27. The summed E-state index contributed by atoms with van der Waals surface area (Å²) in [7, 11) is 0. The summed E-state index contributed by atoms with van der Waals surface area (Å²) in [5.41, 5.74) is 2.04. The third-order valence-corrected chi connectivity index (χ3v) is 2.89. The summed E-state index contributed by atoms with van der Waals surface area (Å²) < 4.78 is 0. The molecule has 0 aliphatic rings. The lowest BCUT2D eigenvalue weighted by Crippen LogP contribution is -2.05. The molecule has 19 heavy (non-hydrogen) atoms. The monoisotopic (exact) mass is 272 g/mol. The minimum atomic E-state index is -0.139. The van der Waals surface area contributed by atoms with E-state index in [0.717, 1.165) is 5.56 Å². The van der Waals surface area contributed by atoms with Crippen LogP contribution in [0.25, 0.3) is 6.08 Å². The third kappa shape index (κ3) is 3.48. The first-order valence-electron chi connectivity index (χ1n) is 5.98. The molecule has 1 aromatic carbocycles. The Morgan fingerprint density at radius 3 is 2.58 bits per heavy atom. The molecule has 1 heterocycles. The minimum absolute atomic E-state index is 0.139. The van der Waals surface area contributed by atoms with Gasteiger partial charge in [0.15, 0.2) is 0 Å². The molecule has 1 aromatic heterocycles. The van der Waals surface area contributed by atoms with Crippen molar-refractivity contribution in [3.8, 4) is 0 Å². The van der Waals surface area contributed by atoms with Crippen molar-refractivity contribution in [2.75, 3.05) is 0 Å². The van der Waals surface area contributed by atoms with Crippen molar-refractivity contribution in [2.24, 2.45) is 0 Å². The number of carbonyl (C=O) groups is 1. The van der Waals surface area contributed by atoms with E-state index in [4.69, 9.17) is 11.6 Å². The number of hydrogen-bond acceptors (Lipinski definition) is 3. The molecule has 0 aliphatic carbocycles. The van der Waals surface area contributed by atoms with Crippen LogP contribution in [-0.4, -0.2) is 15.8 Å². The Kier molecular flexibility index (Phi) is 4.42. The maximum atomic E-state index is 12.0. The van der Waals surface area contributed by atoms with Gasteiger partial charge in [0.2, 0.25) is 5.78 Å². The Bertz CT molecular complexity index is 606. The summed E-state index contributed by atoms with van der Waals surface area (Å²) in [4.78, 5) is 20.3. The molecule has 3 nitrogen and oxygen atoms in total. The van der Waals surface area contributed by atoms with Gasteiger partial charge in [-0.2, -0.15) is 0 Å². The molecule has 96 valence electrons. The Labute approximate surface area is 117 Å². The van der Waals surface area contributed by atoms with Gasteiger partial charge in [-0.05, 0) is 30.2 Å². The number of aryl methyl sites for hydroxylation is 1. The molecule has 0 aliphatic heterocycles. The number of allylic oxidation sites excluding steroid dienone is 1. The summed E-state index contributed by atoms with van der Waals surface area (Å²) in [6.45, 7) is 1.95. The fourth-order valence-electron chi connectivity index (χ4n) is 1.66. The maximum absolute atomic E-state index is 12.0. The predicted octanol–water partition coefficient (Wildman–Crippen LogP) is 3.59. The highest BCUT2D eigenvalue weighted by atomic mass is 35.5. The van der Waals surface area contributed by atoms with Crippen LogP contribution in [0.15, 0.2) is 42.7 Å². The van der Waals surface area contributed by atoms with E-state index in [9.17, 15) is 4.79 Å². The van der Waals surface area contributed by atoms with Gasteiger partial charge in [0.05, 0.1) is 5.69 Å². The van der Waals surface area contributed by atoms with Crippen LogP contribution in [-0.2, 0) is 6.42 Å². The minimum Gasteiger partial charge on any atom is -0.287 e. The molecular formula is C15H13ClN2O. The first-order chi connectivity index (χ1) is 9.20. The van der Waals surface area contributed by atoms with E-state index >= 15 is 0 Å². The van der Waals surface area contributed by atoms with Crippen LogP contribution >= 0.6 is 11.6 Å². The molecule has 0 N–H and O–H groups in total. The highest BCUT2D eigenvalue weighted by molar-refractivity contribution is 6.30. The van der Waals surface area contributed by atoms with E-state index in [0.29, 0.717) is 22.8 Å². The number of ketones is 1. The number of rotatable bonds is 4. The number of aromatic nitrogens is 2. The van der Waals surface area contributed by atoms with Crippen LogP contribution in [0.4, 0.5) is 0 Å². The van der Waals surface area contributed by atoms with Gasteiger partial charge in [0.1, 0.15) is 5.69 Å². The van der Waals surface area contributed by atoms with Gasteiger partial charge in [-0.25, -0.2) is 4.98 Å². The number of carbonyl (C=O) groups excluding carboxylic acids is 1. The molecule has 0 spiro atoms. The number of hydrogen-bond donors (Lipinski definition) is 0. The van der Waals surface area contributed by atoms with E-state index in [1.165, 1.54) is 12.3 Å². The zero-order valence-corrected chi connectivity index (χ0v) is 11.3. The van der Waals surface area contributed by atoms with E-state index in [1.807, 2.05) is 19.1 Å². The standard InChI is InChI=1S/C15H13ClN2O/c1-2-13-15(18-10-9-17-13)14(19)8-5-11-3-6-12(16)7-4-11/h3-10H,2H2,1H3/b8-5+. The van der Waals surface area contributed by atoms with Crippen molar-refractivity contribution < 1.29 is 4.79 Å². The molecule has 2 aromatic rings. The van der Waals surface area contributed by atoms with Crippen molar-refractivity contribution in [1.82, 2.24) is 9.97 Å². The van der Waals surface area contributed by atoms with Crippen LogP contribution in [0.2, 0.25) is 5.02 Å². The summed E-state index contributed by atoms with van der Waals surface area (Å²) in [6.07, 6.45) is 7.06. The van der Waals surface area contributed by atoms with Crippen LogP contribution in [0.3, 0.4) is 0 Å². The Hall–Kier alpha value is -2.00. The molecule has 0 saturated heterocycles. The highest BCUT2D eigenvalue weighted by Crippen LogP contribution is 2.11. The average Bonchev–Trinajstić information content (AvgIpc) is 2.46. The third-order valence-electron chi connectivity index (χ3n) is 2.64. The van der Waals surface area contributed by atoms with Gasteiger partial charge in [-0.15, -0.1) is 0 Å². The molecule has 0 unspecified atom stereocenters. The number of halogens is 1. The smallest absolute Gasteiger partial charge is 0.206 e. The van der Waals surface area contributed by atoms with Crippen molar-refractivity contribution in [2.45, 2.75) is 13.3 Å². The van der Waals surface area contributed by atoms with Gasteiger partial charge in [0, 0.05) is 17.4 Å². The van der Waals surface area contributed by atoms with E-state index < -0.39 is 0 Å². The molecular weight excluding hydrogens is 260 g/mol. The van der Waals surface area contributed by atoms with Crippen molar-refractivity contribution >= 4 is 23.5 Å². The first kappa shape index (κ1) is 13.4. The van der Waals surface area contributed by atoms with Crippen molar-refractivity contribution in [3.05, 3.63) is 64.7 Å². The van der Waals surface area contributed by atoms with E-state index in [1.54, 1.807) is 24.4 Å².